The minimum absolute atomic E-state index is 0.229. The number of carbonyl (C=O) groups excluding carboxylic acids is 1. The minimum atomic E-state index is -0.229. The zero-order valence-corrected chi connectivity index (χ0v) is 19.5. The Kier molecular flexibility index (Phi) is 8.52. The van der Waals surface area contributed by atoms with Gasteiger partial charge in [0, 0.05) is 11.8 Å². The van der Waals surface area contributed by atoms with Crippen molar-refractivity contribution in [2.24, 2.45) is 0 Å². The first kappa shape index (κ1) is 23.9. The van der Waals surface area contributed by atoms with Gasteiger partial charge in [0.1, 0.15) is 18.1 Å². The number of ether oxygens (including phenoxy) is 3. The van der Waals surface area contributed by atoms with Gasteiger partial charge in [-0.25, -0.2) is 0 Å². The Morgan fingerprint density at radius 2 is 1.88 bits per heavy atom. The predicted molar refractivity (Wildman–Crippen MR) is 128 cm³/mol. The second kappa shape index (κ2) is 11.8. The summed E-state index contributed by atoms with van der Waals surface area (Å²) >= 11 is 0. The molecule has 0 aliphatic rings. The molecular formula is C26H30N2O5. The fraction of sp³-hybridized carbons (Fsp3) is 0.308. The van der Waals surface area contributed by atoms with Crippen LogP contribution in [-0.2, 0) is 11.4 Å². The number of rotatable bonds is 11. The fourth-order valence-electron chi connectivity index (χ4n) is 3.09. The number of nitrogens with one attached hydrogen (secondary N) is 1. The molecule has 0 saturated heterocycles. The van der Waals surface area contributed by atoms with E-state index < -0.39 is 0 Å². The molecule has 7 nitrogen and oxygen atoms in total. The van der Waals surface area contributed by atoms with Crippen molar-refractivity contribution in [1.82, 2.24) is 5.16 Å². The van der Waals surface area contributed by atoms with Crippen molar-refractivity contribution < 1.29 is 23.5 Å². The molecular weight excluding hydrogens is 420 g/mol. The van der Waals surface area contributed by atoms with E-state index in [1.807, 2.05) is 56.3 Å². The molecule has 0 aliphatic heterocycles. The fourth-order valence-corrected chi connectivity index (χ4v) is 3.09. The van der Waals surface area contributed by atoms with Crippen LogP contribution >= 0.6 is 0 Å². The Bertz CT molecular complexity index is 1070. The molecule has 7 heteroatoms. The number of hydrogen-bond acceptors (Lipinski definition) is 6. The van der Waals surface area contributed by atoms with E-state index in [1.54, 1.807) is 13.2 Å². The summed E-state index contributed by atoms with van der Waals surface area (Å²) in [6, 6.07) is 12.8. The molecule has 3 aromatic rings. The minimum Gasteiger partial charge on any atom is -0.494 e. The lowest BCUT2D eigenvalue weighted by molar-refractivity contribution is -0.111. The molecule has 0 aliphatic carbocycles. The van der Waals surface area contributed by atoms with Crippen LogP contribution in [0.3, 0.4) is 0 Å². The number of methoxy groups -OCH3 is 1. The maximum atomic E-state index is 12.3. The molecule has 3 rings (SSSR count). The number of aryl methyl sites for hydroxylation is 2. The molecule has 1 N–H and O–H groups in total. The molecule has 1 heterocycles. The van der Waals surface area contributed by atoms with E-state index in [1.165, 1.54) is 6.08 Å². The first-order valence-corrected chi connectivity index (χ1v) is 10.9. The average molecular weight is 451 g/mol. The Morgan fingerprint density at radius 3 is 2.55 bits per heavy atom. The average Bonchev–Trinajstić information content (AvgIpc) is 3.15. The van der Waals surface area contributed by atoms with E-state index >= 15 is 0 Å². The summed E-state index contributed by atoms with van der Waals surface area (Å²) in [7, 11) is 1.58. The predicted octanol–water partition coefficient (Wildman–Crippen LogP) is 5.71. The highest BCUT2D eigenvalue weighted by atomic mass is 16.5. The number of unbranched alkanes of at least 4 members (excludes halogenated alkanes) is 1. The van der Waals surface area contributed by atoms with Gasteiger partial charge in [0.2, 0.25) is 5.91 Å². The summed E-state index contributed by atoms with van der Waals surface area (Å²) in [4.78, 5) is 12.3. The van der Waals surface area contributed by atoms with Crippen LogP contribution in [0.2, 0.25) is 0 Å². The highest BCUT2D eigenvalue weighted by molar-refractivity contribution is 6.02. The Balaban J connectivity index is 1.57. The zero-order chi connectivity index (χ0) is 23.6. The molecule has 2 aromatic carbocycles. The van der Waals surface area contributed by atoms with Crippen molar-refractivity contribution in [2.45, 2.75) is 40.2 Å². The summed E-state index contributed by atoms with van der Waals surface area (Å²) in [5.41, 5.74) is 3.23. The summed E-state index contributed by atoms with van der Waals surface area (Å²) in [6.07, 6.45) is 5.30. The van der Waals surface area contributed by atoms with Crippen LogP contribution in [0.1, 0.15) is 42.3 Å². The monoisotopic (exact) mass is 450 g/mol. The van der Waals surface area contributed by atoms with Gasteiger partial charge >= 0.3 is 0 Å². The van der Waals surface area contributed by atoms with Crippen LogP contribution in [0.25, 0.3) is 6.08 Å². The molecule has 1 aromatic heterocycles. The molecule has 0 spiro atoms. The van der Waals surface area contributed by atoms with Crippen LogP contribution in [0.5, 0.6) is 17.2 Å². The Morgan fingerprint density at radius 1 is 1.09 bits per heavy atom. The summed E-state index contributed by atoms with van der Waals surface area (Å²) in [6.45, 7) is 6.87. The molecule has 33 heavy (non-hydrogen) atoms. The summed E-state index contributed by atoms with van der Waals surface area (Å²) in [5.74, 6) is 2.46. The van der Waals surface area contributed by atoms with E-state index in [2.05, 4.69) is 17.4 Å². The van der Waals surface area contributed by atoms with Crippen LogP contribution in [0, 0.1) is 13.8 Å². The Hall–Kier alpha value is -3.74. The third-order valence-corrected chi connectivity index (χ3v) is 5.06. The zero-order valence-electron chi connectivity index (χ0n) is 19.5. The highest BCUT2D eigenvalue weighted by Crippen LogP contribution is 2.30. The van der Waals surface area contributed by atoms with Crippen LogP contribution in [-0.4, -0.2) is 24.8 Å². The lowest BCUT2D eigenvalue weighted by Crippen LogP contribution is -2.07. The number of anilines is 1. The van der Waals surface area contributed by atoms with Gasteiger partial charge in [0.05, 0.1) is 25.0 Å². The second-order valence-corrected chi connectivity index (χ2v) is 7.55. The van der Waals surface area contributed by atoms with E-state index in [-0.39, 0.29) is 5.91 Å². The molecule has 0 fully saturated rings. The normalized spacial score (nSPS) is 10.9. The number of hydrogen-bond donors (Lipinski definition) is 1. The molecule has 0 bridgehead atoms. The lowest BCUT2D eigenvalue weighted by Gasteiger charge is -2.11. The molecule has 0 unspecified atom stereocenters. The number of aromatic nitrogens is 1. The van der Waals surface area contributed by atoms with E-state index in [0.717, 1.165) is 41.2 Å². The smallest absolute Gasteiger partial charge is 0.248 e. The number of benzene rings is 2. The quantitative estimate of drug-likeness (QED) is 0.298. The number of carbonyl (C=O) groups is 1. The Labute approximate surface area is 194 Å². The SMILES string of the molecule is CCCCOc1ccc(NC(=O)/C=C/c2ccc(OCc3c(C)noc3C)c(OC)c2)cc1. The van der Waals surface area contributed by atoms with Crippen molar-refractivity contribution in [3.63, 3.8) is 0 Å². The van der Waals surface area contributed by atoms with Gasteiger partial charge in [-0.15, -0.1) is 0 Å². The second-order valence-electron chi connectivity index (χ2n) is 7.55. The third-order valence-electron chi connectivity index (χ3n) is 5.06. The van der Waals surface area contributed by atoms with Gasteiger partial charge < -0.3 is 24.1 Å². The molecule has 0 atom stereocenters. The van der Waals surface area contributed by atoms with E-state index in [9.17, 15) is 4.79 Å². The van der Waals surface area contributed by atoms with Crippen LogP contribution in [0.15, 0.2) is 53.1 Å². The largest absolute Gasteiger partial charge is 0.494 e. The van der Waals surface area contributed by atoms with Crippen LogP contribution in [0.4, 0.5) is 5.69 Å². The van der Waals surface area contributed by atoms with E-state index in [4.69, 9.17) is 18.7 Å². The maximum Gasteiger partial charge on any atom is 0.248 e. The van der Waals surface area contributed by atoms with Gasteiger partial charge in [-0.1, -0.05) is 24.6 Å². The van der Waals surface area contributed by atoms with Crippen molar-refractivity contribution in [2.75, 3.05) is 19.0 Å². The van der Waals surface area contributed by atoms with Crippen molar-refractivity contribution in [3.05, 3.63) is 71.1 Å². The van der Waals surface area contributed by atoms with E-state index in [0.29, 0.717) is 30.4 Å². The lowest BCUT2D eigenvalue weighted by atomic mass is 10.1. The van der Waals surface area contributed by atoms with Gasteiger partial charge in [0.25, 0.3) is 0 Å². The molecule has 174 valence electrons. The first-order valence-electron chi connectivity index (χ1n) is 10.9. The maximum absolute atomic E-state index is 12.3. The highest BCUT2D eigenvalue weighted by Gasteiger charge is 2.12. The molecule has 1 amide bonds. The van der Waals surface area contributed by atoms with Gasteiger partial charge in [-0.2, -0.15) is 0 Å². The van der Waals surface area contributed by atoms with Crippen LogP contribution < -0.4 is 19.5 Å². The van der Waals surface area contributed by atoms with Crippen molar-refractivity contribution in [3.8, 4) is 17.2 Å². The summed E-state index contributed by atoms with van der Waals surface area (Å²) in [5, 5.41) is 6.78. The summed E-state index contributed by atoms with van der Waals surface area (Å²) < 4.78 is 22.2. The molecule has 0 radical (unpaired) electrons. The number of nitrogens with zero attached hydrogens (tertiary/aromatic N) is 1. The van der Waals surface area contributed by atoms with Gasteiger partial charge in [0.15, 0.2) is 11.5 Å². The topological polar surface area (TPSA) is 82.8 Å². The van der Waals surface area contributed by atoms with Crippen molar-refractivity contribution >= 4 is 17.7 Å². The first-order chi connectivity index (χ1) is 16.0. The van der Waals surface area contributed by atoms with Gasteiger partial charge in [-0.05, 0) is 68.3 Å². The van der Waals surface area contributed by atoms with Gasteiger partial charge in [-0.3, -0.25) is 4.79 Å². The van der Waals surface area contributed by atoms with Crippen molar-refractivity contribution in [1.29, 1.82) is 0 Å². The standard InChI is InChI=1S/C26H30N2O5/c1-5-6-15-31-22-11-9-21(10-12-22)27-26(29)14-8-20-7-13-24(25(16-20)30-4)32-17-23-18(2)28-33-19(23)3/h7-14,16H,5-6,15,17H2,1-4H3,(H,27,29)/b14-8+. The number of amides is 1. The molecule has 0 saturated carbocycles. The third kappa shape index (κ3) is 6.87.